The monoisotopic (exact) mass is 366 g/mol. The number of rotatable bonds is 7. The topological polar surface area (TPSA) is 47.3 Å². The molecule has 3 nitrogen and oxygen atoms in total. The van der Waals surface area contributed by atoms with Gasteiger partial charge in [0.1, 0.15) is 5.75 Å². The maximum absolute atomic E-state index is 5.70. The lowest BCUT2D eigenvalue weighted by molar-refractivity contribution is 0.414. The molecule has 0 spiro atoms. The molecule has 0 saturated carbocycles. The molecular formula is C16H19BrN2OS. The molecule has 21 heavy (non-hydrogen) atoms. The first kappa shape index (κ1) is 16.4. The van der Waals surface area contributed by atoms with Crippen molar-refractivity contribution < 1.29 is 4.74 Å². The Balaban J connectivity index is 1.99. The van der Waals surface area contributed by atoms with Crippen LogP contribution in [0.5, 0.6) is 5.75 Å². The standard InChI is InChI=1S/C16H19BrN2OS/c1-20-14-7-8-16(17)12(10-14)9-13(19-18)11-21-15-5-3-2-4-6-15/h2-8,10,13,19H,9,11,18H2,1H3. The van der Waals surface area contributed by atoms with E-state index in [0.717, 1.165) is 22.4 Å². The molecule has 2 aromatic carbocycles. The van der Waals surface area contributed by atoms with Crippen molar-refractivity contribution in [3.05, 3.63) is 58.6 Å². The largest absolute Gasteiger partial charge is 0.497 e. The summed E-state index contributed by atoms with van der Waals surface area (Å²) in [5, 5.41) is 0. The summed E-state index contributed by atoms with van der Waals surface area (Å²) in [6.07, 6.45) is 0.841. The number of halogens is 1. The van der Waals surface area contributed by atoms with Crippen LogP contribution in [0.15, 0.2) is 57.9 Å². The van der Waals surface area contributed by atoms with Crippen LogP contribution < -0.4 is 16.0 Å². The Morgan fingerprint density at radius 3 is 2.67 bits per heavy atom. The van der Waals surface area contributed by atoms with Gasteiger partial charge in [0, 0.05) is 21.2 Å². The smallest absolute Gasteiger partial charge is 0.119 e. The predicted octanol–water partition coefficient (Wildman–Crippen LogP) is 3.62. The van der Waals surface area contributed by atoms with Gasteiger partial charge in [-0.25, -0.2) is 0 Å². The average Bonchev–Trinajstić information content (AvgIpc) is 2.54. The van der Waals surface area contributed by atoms with E-state index < -0.39 is 0 Å². The van der Waals surface area contributed by atoms with Gasteiger partial charge in [0.25, 0.3) is 0 Å². The van der Waals surface area contributed by atoms with E-state index in [1.807, 2.05) is 36.4 Å². The molecule has 0 aliphatic heterocycles. The molecule has 0 radical (unpaired) electrons. The summed E-state index contributed by atoms with van der Waals surface area (Å²) < 4.78 is 6.35. The molecule has 2 aromatic rings. The quantitative estimate of drug-likeness (QED) is 0.446. The van der Waals surface area contributed by atoms with Crippen molar-refractivity contribution in [1.82, 2.24) is 5.43 Å². The Bertz CT molecular complexity index is 565. The fourth-order valence-corrected chi connectivity index (χ4v) is 3.35. The highest BCUT2D eigenvalue weighted by Gasteiger charge is 2.11. The van der Waals surface area contributed by atoms with Gasteiger partial charge < -0.3 is 4.74 Å². The fourth-order valence-electron chi connectivity index (χ4n) is 1.98. The summed E-state index contributed by atoms with van der Waals surface area (Å²) in [5.41, 5.74) is 4.09. The number of hydrazine groups is 1. The van der Waals surface area contributed by atoms with Crippen molar-refractivity contribution in [2.24, 2.45) is 5.84 Å². The minimum absolute atomic E-state index is 0.193. The van der Waals surface area contributed by atoms with Crippen LogP contribution >= 0.6 is 27.7 Å². The van der Waals surface area contributed by atoms with Crippen molar-refractivity contribution in [3.63, 3.8) is 0 Å². The molecular weight excluding hydrogens is 348 g/mol. The Labute approximate surface area is 138 Å². The Hall–Kier alpha value is -1.01. The van der Waals surface area contributed by atoms with Gasteiger partial charge in [0.05, 0.1) is 7.11 Å². The third-order valence-corrected chi connectivity index (χ3v) is 5.10. The van der Waals surface area contributed by atoms with Crippen LogP contribution in [0.2, 0.25) is 0 Å². The SMILES string of the molecule is COc1ccc(Br)c(CC(CSc2ccccc2)NN)c1. The number of ether oxygens (including phenoxy) is 1. The number of nitrogens with one attached hydrogen (secondary N) is 1. The molecule has 2 rings (SSSR count). The molecule has 0 heterocycles. The Morgan fingerprint density at radius 2 is 2.00 bits per heavy atom. The number of thioether (sulfide) groups is 1. The van der Waals surface area contributed by atoms with Crippen LogP contribution in [0.4, 0.5) is 0 Å². The third-order valence-electron chi connectivity index (χ3n) is 3.15. The summed E-state index contributed by atoms with van der Waals surface area (Å²) >= 11 is 5.38. The van der Waals surface area contributed by atoms with Gasteiger partial charge in [-0.1, -0.05) is 34.1 Å². The molecule has 5 heteroatoms. The summed E-state index contributed by atoms with van der Waals surface area (Å²) in [6.45, 7) is 0. The number of hydrogen-bond acceptors (Lipinski definition) is 4. The van der Waals surface area contributed by atoms with Gasteiger partial charge >= 0.3 is 0 Å². The van der Waals surface area contributed by atoms with Crippen LogP contribution in [-0.4, -0.2) is 18.9 Å². The number of benzene rings is 2. The van der Waals surface area contributed by atoms with Crippen molar-refractivity contribution in [2.45, 2.75) is 17.4 Å². The summed E-state index contributed by atoms with van der Waals surface area (Å²) in [4.78, 5) is 1.25. The third kappa shape index (κ3) is 5.04. The summed E-state index contributed by atoms with van der Waals surface area (Å²) in [5.74, 6) is 7.46. The highest BCUT2D eigenvalue weighted by Crippen LogP contribution is 2.25. The molecule has 0 aromatic heterocycles. The van der Waals surface area contributed by atoms with E-state index in [1.54, 1.807) is 18.9 Å². The number of methoxy groups -OCH3 is 1. The first-order valence-electron chi connectivity index (χ1n) is 6.69. The molecule has 0 amide bonds. The number of hydrogen-bond donors (Lipinski definition) is 2. The van der Waals surface area contributed by atoms with Crippen LogP contribution in [0.3, 0.4) is 0 Å². The number of nitrogens with two attached hydrogens (primary N) is 1. The van der Waals surface area contributed by atoms with Gasteiger partial charge in [0.15, 0.2) is 0 Å². The first-order valence-corrected chi connectivity index (χ1v) is 8.47. The van der Waals surface area contributed by atoms with E-state index in [2.05, 4.69) is 33.5 Å². The Morgan fingerprint density at radius 1 is 1.24 bits per heavy atom. The molecule has 0 saturated heterocycles. The van der Waals surface area contributed by atoms with Crippen molar-refractivity contribution in [1.29, 1.82) is 0 Å². The average molecular weight is 367 g/mol. The maximum Gasteiger partial charge on any atom is 0.119 e. The van der Waals surface area contributed by atoms with Gasteiger partial charge in [-0.15, -0.1) is 11.8 Å². The van der Waals surface area contributed by atoms with E-state index in [4.69, 9.17) is 10.6 Å². The lowest BCUT2D eigenvalue weighted by Crippen LogP contribution is -2.38. The van der Waals surface area contributed by atoms with Crippen LogP contribution in [0.25, 0.3) is 0 Å². The zero-order valence-corrected chi connectivity index (χ0v) is 14.3. The van der Waals surface area contributed by atoms with E-state index in [9.17, 15) is 0 Å². The molecule has 0 bridgehead atoms. The highest BCUT2D eigenvalue weighted by molar-refractivity contribution is 9.10. The predicted molar refractivity (Wildman–Crippen MR) is 92.7 cm³/mol. The zero-order chi connectivity index (χ0) is 15.1. The van der Waals surface area contributed by atoms with E-state index in [0.29, 0.717) is 0 Å². The zero-order valence-electron chi connectivity index (χ0n) is 11.9. The lowest BCUT2D eigenvalue weighted by atomic mass is 10.1. The van der Waals surface area contributed by atoms with E-state index in [-0.39, 0.29) is 6.04 Å². The molecule has 1 unspecified atom stereocenters. The minimum atomic E-state index is 0.193. The molecule has 0 aliphatic rings. The molecule has 3 N–H and O–H groups in total. The van der Waals surface area contributed by atoms with Crippen LogP contribution in [0.1, 0.15) is 5.56 Å². The van der Waals surface area contributed by atoms with E-state index >= 15 is 0 Å². The van der Waals surface area contributed by atoms with Crippen molar-refractivity contribution >= 4 is 27.7 Å². The Kier molecular flexibility index (Phi) is 6.57. The second-order valence-corrected chi connectivity index (χ2v) is 6.60. The van der Waals surface area contributed by atoms with E-state index in [1.165, 1.54) is 10.5 Å². The normalized spacial score (nSPS) is 12.1. The first-order chi connectivity index (χ1) is 10.2. The van der Waals surface area contributed by atoms with Crippen LogP contribution in [0, 0.1) is 0 Å². The minimum Gasteiger partial charge on any atom is -0.497 e. The van der Waals surface area contributed by atoms with Gasteiger partial charge in [0.2, 0.25) is 0 Å². The second kappa shape index (κ2) is 8.44. The second-order valence-electron chi connectivity index (χ2n) is 4.65. The van der Waals surface area contributed by atoms with Gasteiger partial charge in [-0.2, -0.15) is 0 Å². The highest BCUT2D eigenvalue weighted by atomic mass is 79.9. The fraction of sp³-hybridized carbons (Fsp3) is 0.250. The lowest BCUT2D eigenvalue weighted by Gasteiger charge is -2.17. The molecule has 112 valence electrons. The molecule has 1 atom stereocenters. The molecule has 0 fully saturated rings. The van der Waals surface area contributed by atoms with Gasteiger partial charge in [-0.05, 0) is 42.3 Å². The van der Waals surface area contributed by atoms with Gasteiger partial charge in [-0.3, -0.25) is 11.3 Å². The van der Waals surface area contributed by atoms with Crippen molar-refractivity contribution in [3.8, 4) is 5.75 Å². The molecule has 0 aliphatic carbocycles. The van der Waals surface area contributed by atoms with Crippen molar-refractivity contribution in [2.75, 3.05) is 12.9 Å². The summed E-state index contributed by atoms with van der Waals surface area (Å²) in [7, 11) is 1.68. The maximum atomic E-state index is 5.70. The summed E-state index contributed by atoms with van der Waals surface area (Å²) in [6, 6.07) is 16.5. The van der Waals surface area contributed by atoms with Crippen LogP contribution in [-0.2, 0) is 6.42 Å².